The Labute approximate surface area is 124 Å². The van der Waals surface area contributed by atoms with Gasteiger partial charge in [-0.05, 0) is 18.8 Å². The van der Waals surface area contributed by atoms with Gasteiger partial charge in [-0.1, -0.05) is 19.8 Å². The van der Waals surface area contributed by atoms with Gasteiger partial charge in [-0.15, -0.1) is 24.8 Å². The Morgan fingerprint density at radius 3 is 2.56 bits per heavy atom. The van der Waals surface area contributed by atoms with Crippen LogP contribution >= 0.6 is 24.8 Å². The molecular formula is C13H28Cl2N2O. The van der Waals surface area contributed by atoms with Crippen LogP contribution in [0, 0.1) is 5.92 Å². The fraction of sp³-hybridized carbons (Fsp3) is 1.00. The maximum absolute atomic E-state index is 5.35. The van der Waals surface area contributed by atoms with Gasteiger partial charge in [-0.25, -0.2) is 0 Å². The Hall–Kier alpha value is 0.460. The van der Waals surface area contributed by atoms with Crippen molar-refractivity contribution in [3.63, 3.8) is 0 Å². The predicted octanol–water partition coefficient (Wildman–Crippen LogP) is 2.33. The first-order valence-electron chi connectivity index (χ1n) is 6.88. The van der Waals surface area contributed by atoms with Crippen LogP contribution in [0.25, 0.3) is 0 Å². The van der Waals surface area contributed by atoms with Crippen LogP contribution in [-0.4, -0.2) is 50.3 Å². The van der Waals surface area contributed by atoms with Crippen molar-refractivity contribution < 1.29 is 4.74 Å². The highest BCUT2D eigenvalue weighted by Crippen LogP contribution is 2.23. The lowest BCUT2D eigenvalue weighted by atomic mass is 9.87. The van der Waals surface area contributed by atoms with Gasteiger partial charge in [0.2, 0.25) is 0 Å². The zero-order valence-electron chi connectivity index (χ0n) is 11.4. The van der Waals surface area contributed by atoms with E-state index in [0.29, 0.717) is 0 Å². The summed E-state index contributed by atoms with van der Waals surface area (Å²) in [5.41, 5.74) is 0. The van der Waals surface area contributed by atoms with Crippen LogP contribution in [0.15, 0.2) is 0 Å². The number of nitrogens with zero attached hydrogens (tertiary/aromatic N) is 1. The minimum Gasteiger partial charge on any atom is -0.379 e. The zero-order chi connectivity index (χ0) is 11.2. The van der Waals surface area contributed by atoms with Gasteiger partial charge in [0.05, 0.1) is 13.2 Å². The topological polar surface area (TPSA) is 24.5 Å². The van der Waals surface area contributed by atoms with Gasteiger partial charge in [-0.2, -0.15) is 0 Å². The molecule has 2 aliphatic rings. The first-order valence-corrected chi connectivity index (χ1v) is 6.88. The number of hydrogen-bond acceptors (Lipinski definition) is 3. The summed E-state index contributed by atoms with van der Waals surface area (Å²) >= 11 is 0. The van der Waals surface area contributed by atoms with Crippen molar-refractivity contribution in [3.05, 3.63) is 0 Å². The Kier molecular flexibility index (Phi) is 10.5. The largest absolute Gasteiger partial charge is 0.379 e. The van der Waals surface area contributed by atoms with E-state index in [1.807, 2.05) is 0 Å². The van der Waals surface area contributed by atoms with E-state index in [0.717, 1.165) is 44.8 Å². The lowest BCUT2D eigenvalue weighted by Gasteiger charge is -2.30. The number of ether oxygens (including phenoxy) is 1. The van der Waals surface area contributed by atoms with E-state index in [1.165, 1.54) is 32.2 Å². The second kappa shape index (κ2) is 10.3. The molecule has 0 bridgehead atoms. The number of rotatable bonds is 4. The van der Waals surface area contributed by atoms with Crippen LogP contribution in [0.1, 0.15) is 32.6 Å². The molecule has 1 saturated heterocycles. The summed E-state index contributed by atoms with van der Waals surface area (Å²) in [4.78, 5) is 2.50. The van der Waals surface area contributed by atoms with Crippen LogP contribution in [0.3, 0.4) is 0 Å². The summed E-state index contributed by atoms with van der Waals surface area (Å²) in [6, 6.07) is 0.782. The van der Waals surface area contributed by atoms with Crippen molar-refractivity contribution in [2.45, 2.75) is 38.6 Å². The predicted molar refractivity (Wildman–Crippen MR) is 81.2 cm³/mol. The molecule has 0 amide bonds. The molecule has 1 heterocycles. The lowest BCUT2D eigenvalue weighted by molar-refractivity contribution is 0.0379. The molecule has 2 fully saturated rings. The molecule has 0 radical (unpaired) electrons. The molecule has 3 nitrogen and oxygen atoms in total. The van der Waals surface area contributed by atoms with Gasteiger partial charge in [0.15, 0.2) is 0 Å². The highest BCUT2D eigenvalue weighted by atomic mass is 35.5. The summed E-state index contributed by atoms with van der Waals surface area (Å²) in [5.74, 6) is 0.926. The average molecular weight is 299 g/mol. The molecule has 0 aromatic carbocycles. The number of hydrogen-bond donors (Lipinski definition) is 1. The third kappa shape index (κ3) is 6.58. The Morgan fingerprint density at radius 2 is 1.89 bits per heavy atom. The summed E-state index contributed by atoms with van der Waals surface area (Å²) in [5, 5.41) is 3.72. The van der Waals surface area contributed by atoms with Gasteiger partial charge < -0.3 is 10.1 Å². The molecule has 18 heavy (non-hydrogen) atoms. The molecule has 0 spiro atoms. The summed E-state index contributed by atoms with van der Waals surface area (Å²) in [7, 11) is 0. The minimum atomic E-state index is 0. The normalized spacial score (nSPS) is 29.2. The van der Waals surface area contributed by atoms with Crippen LogP contribution in [0.5, 0.6) is 0 Å². The smallest absolute Gasteiger partial charge is 0.0594 e. The van der Waals surface area contributed by atoms with Crippen molar-refractivity contribution in [1.29, 1.82) is 0 Å². The van der Waals surface area contributed by atoms with Crippen molar-refractivity contribution in [3.8, 4) is 0 Å². The molecule has 2 atom stereocenters. The molecule has 1 N–H and O–H groups in total. The van der Waals surface area contributed by atoms with E-state index in [1.54, 1.807) is 0 Å². The van der Waals surface area contributed by atoms with Crippen molar-refractivity contribution in [1.82, 2.24) is 10.2 Å². The molecule has 1 aliphatic heterocycles. The lowest BCUT2D eigenvalue weighted by Crippen LogP contribution is -2.43. The van der Waals surface area contributed by atoms with Crippen LogP contribution < -0.4 is 5.32 Å². The molecule has 0 aromatic heterocycles. The standard InChI is InChI=1S/C13H26N2O.2ClH/c1-12-3-2-4-13(11-12)14-5-6-15-7-9-16-10-8-15;;/h12-14H,2-11H2,1H3;2*1H. The van der Waals surface area contributed by atoms with E-state index in [-0.39, 0.29) is 24.8 Å². The molecule has 2 unspecified atom stereocenters. The van der Waals surface area contributed by atoms with E-state index in [2.05, 4.69) is 17.1 Å². The fourth-order valence-electron chi connectivity index (χ4n) is 2.87. The second-order valence-corrected chi connectivity index (χ2v) is 5.38. The number of halogens is 2. The zero-order valence-corrected chi connectivity index (χ0v) is 13.0. The van der Waals surface area contributed by atoms with Crippen LogP contribution in [0.2, 0.25) is 0 Å². The molecule has 0 aromatic rings. The van der Waals surface area contributed by atoms with Gasteiger partial charge >= 0.3 is 0 Å². The Balaban J connectivity index is 0.00000144. The van der Waals surface area contributed by atoms with Crippen molar-refractivity contribution >= 4 is 24.8 Å². The average Bonchev–Trinajstić information content (AvgIpc) is 2.30. The van der Waals surface area contributed by atoms with Gasteiger partial charge in [0.1, 0.15) is 0 Å². The van der Waals surface area contributed by atoms with Gasteiger partial charge in [0, 0.05) is 32.2 Å². The first kappa shape index (κ1) is 18.5. The summed E-state index contributed by atoms with van der Waals surface area (Å²) < 4.78 is 5.35. The minimum absolute atomic E-state index is 0. The SMILES string of the molecule is CC1CCCC(NCCN2CCOCC2)C1.Cl.Cl. The van der Waals surface area contributed by atoms with Crippen molar-refractivity contribution in [2.24, 2.45) is 5.92 Å². The third-order valence-corrected chi connectivity index (χ3v) is 3.90. The van der Waals surface area contributed by atoms with E-state index in [9.17, 15) is 0 Å². The fourth-order valence-corrected chi connectivity index (χ4v) is 2.87. The summed E-state index contributed by atoms with van der Waals surface area (Å²) in [6.45, 7) is 8.79. The molecule has 1 saturated carbocycles. The first-order chi connectivity index (χ1) is 7.84. The molecular weight excluding hydrogens is 271 g/mol. The maximum atomic E-state index is 5.35. The highest BCUT2D eigenvalue weighted by molar-refractivity contribution is 5.85. The monoisotopic (exact) mass is 298 g/mol. The second-order valence-electron chi connectivity index (χ2n) is 5.38. The Morgan fingerprint density at radius 1 is 1.17 bits per heavy atom. The van der Waals surface area contributed by atoms with Crippen LogP contribution in [0.4, 0.5) is 0 Å². The number of morpholine rings is 1. The molecule has 5 heteroatoms. The summed E-state index contributed by atoms with van der Waals surface area (Å²) in [6.07, 6.45) is 5.61. The number of nitrogens with one attached hydrogen (secondary N) is 1. The van der Waals surface area contributed by atoms with E-state index in [4.69, 9.17) is 4.74 Å². The quantitative estimate of drug-likeness (QED) is 0.862. The van der Waals surface area contributed by atoms with Crippen LogP contribution in [-0.2, 0) is 4.74 Å². The van der Waals surface area contributed by atoms with E-state index < -0.39 is 0 Å². The maximum Gasteiger partial charge on any atom is 0.0594 e. The highest BCUT2D eigenvalue weighted by Gasteiger charge is 2.18. The van der Waals surface area contributed by atoms with E-state index >= 15 is 0 Å². The van der Waals surface area contributed by atoms with Crippen molar-refractivity contribution in [2.75, 3.05) is 39.4 Å². The molecule has 110 valence electrons. The molecule has 1 aliphatic carbocycles. The van der Waals surface area contributed by atoms with Gasteiger partial charge in [-0.3, -0.25) is 4.90 Å². The third-order valence-electron chi connectivity index (χ3n) is 3.90. The van der Waals surface area contributed by atoms with Gasteiger partial charge in [0.25, 0.3) is 0 Å². The Bertz CT molecular complexity index is 201. The molecule has 2 rings (SSSR count).